The van der Waals surface area contributed by atoms with E-state index < -0.39 is 0 Å². The van der Waals surface area contributed by atoms with E-state index in [1.807, 2.05) is 25.2 Å². The molecule has 0 aliphatic rings. The van der Waals surface area contributed by atoms with Crippen molar-refractivity contribution in [1.29, 1.82) is 0 Å². The Morgan fingerprint density at radius 2 is 2.10 bits per heavy atom. The van der Waals surface area contributed by atoms with Gasteiger partial charge in [-0.2, -0.15) is 0 Å². The topological polar surface area (TPSA) is 24.9 Å². The van der Waals surface area contributed by atoms with Gasteiger partial charge in [-0.1, -0.05) is 38.4 Å². The zero-order valence-electron chi connectivity index (χ0n) is 12.9. The number of nitrogens with one attached hydrogen (secondary N) is 1. The van der Waals surface area contributed by atoms with Crippen LogP contribution in [0.5, 0.6) is 0 Å². The van der Waals surface area contributed by atoms with E-state index >= 15 is 0 Å². The van der Waals surface area contributed by atoms with Crippen molar-refractivity contribution in [3.05, 3.63) is 44.9 Å². The van der Waals surface area contributed by atoms with Crippen molar-refractivity contribution in [2.75, 3.05) is 7.05 Å². The summed E-state index contributed by atoms with van der Waals surface area (Å²) < 4.78 is 0. The van der Waals surface area contributed by atoms with Gasteiger partial charge in [-0.15, -0.1) is 23.1 Å². The van der Waals surface area contributed by atoms with E-state index in [4.69, 9.17) is 16.6 Å². The van der Waals surface area contributed by atoms with Crippen LogP contribution < -0.4 is 5.32 Å². The van der Waals surface area contributed by atoms with Gasteiger partial charge in [0.25, 0.3) is 0 Å². The van der Waals surface area contributed by atoms with E-state index in [9.17, 15) is 0 Å². The zero-order chi connectivity index (χ0) is 15.5. The van der Waals surface area contributed by atoms with Crippen LogP contribution in [0.3, 0.4) is 0 Å². The molecule has 2 aromatic rings. The molecule has 0 saturated heterocycles. The predicted molar refractivity (Wildman–Crippen MR) is 94.6 cm³/mol. The molecule has 114 valence electrons. The number of aromatic nitrogens is 1. The lowest BCUT2D eigenvalue weighted by Gasteiger charge is -2.17. The molecule has 2 nitrogen and oxygen atoms in total. The first kappa shape index (κ1) is 16.8. The average Bonchev–Trinajstić information content (AvgIpc) is 2.80. The first-order valence-corrected chi connectivity index (χ1v) is 9.10. The third-order valence-electron chi connectivity index (χ3n) is 2.95. The van der Waals surface area contributed by atoms with Gasteiger partial charge in [0.15, 0.2) is 0 Å². The highest BCUT2D eigenvalue weighted by Gasteiger charge is 2.22. The highest BCUT2D eigenvalue weighted by molar-refractivity contribution is 7.98. The van der Waals surface area contributed by atoms with Crippen molar-refractivity contribution in [3.8, 4) is 0 Å². The van der Waals surface area contributed by atoms with Gasteiger partial charge in [0, 0.05) is 26.8 Å². The summed E-state index contributed by atoms with van der Waals surface area (Å²) in [6.45, 7) is 7.53. The Bertz CT molecular complexity index is 603. The van der Waals surface area contributed by atoms with E-state index in [2.05, 4.69) is 32.2 Å². The van der Waals surface area contributed by atoms with E-state index in [-0.39, 0.29) is 5.41 Å². The summed E-state index contributed by atoms with van der Waals surface area (Å²) in [6, 6.07) is 7.97. The van der Waals surface area contributed by atoms with Gasteiger partial charge in [-0.25, -0.2) is 4.98 Å². The molecule has 0 spiro atoms. The second-order valence-corrected chi connectivity index (χ2v) is 8.56. The predicted octanol–water partition coefficient (Wildman–Crippen LogP) is 5.11. The number of thiazole rings is 1. The standard InChI is InChI=1S/C16H21ClN2S2/c1-16(2,3)15-13(9-18-4)21-14(19-15)10-20-12-7-5-6-11(17)8-12/h5-8,18H,9-10H2,1-4H3. The molecule has 0 unspecified atom stereocenters. The summed E-state index contributed by atoms with van der Waals surface area (Å²) in [5, 5.41) is 5.20. The van der Waals surface area contributed by atoms with Crippen molar-refractivity contribution in [2.45, 2.75) is 43.4 Å². The zero-order valence-corrected chi connectivity index (χ0v) is 15.3. The number of benzene rings is 1. The Balaban J connectivity index is 2.13. The Hall–Kier alpha value is -0.550. The quantitative estimate of drug-likeness (QED) is 0.766. The first-order valence-electron chi connectivity index (χ1n) is 6.92. The molecule has 0 aliphatic carbocycles. The van der Waals surface area contributed by atoms with Gasteiger partial charge >= 0.3 is 0 Å². The molecule has 0 fully saturated rings. The number of halogens is 1. The summed E-state index contributed by atoms with van der Waals surface area (Å²) in [6.07, 6.45) is 0. The first-order chi connectivity index (χ1) is 9.90. The molecule has 0 amide bonds. The number of thioether (sulfide) groups is 1. The molecule has 0 saturated carbocycles. The summed E-state index contributed by atoms with van der Waals surface area (Å²) >= 11 is 9.61. The van der Waals surface area contributed by atoms with Crippen LogP contribution >= 0.6 is 34.7 Å². The Kier molecular flexibility index (Phi) is 5.72. The van der Waals surface area contributed by atoms with Crippen molar-refractivity contribution >= 4 is 34.7 Å². The molecule has 1 heterocycles. The number of nitrogens with zero attached hydrogens (tertiary/aromatic N) is 1. The van der Waals surface area contributed by atoms with Crippen LogP contribution in [0.4, 0.5) is 0 Å². The Labute approximate surface area is 140 Å². The summed E-state index contributed by atoms with van der Waals surface area (Å²) in [7, 11) is 1.98. The second-order valence-electron chi connectivity index (χ2n) is 5.91. The molecule has 5 heteroatoms. The van der Waals surface area contributed by atoms with Gasteiger partial charge in [0.05, 0.1) is 11.4 Å². The van der Waals surface area contributed by atoms with Gasteiger partial charge in [0.2, 0.25) is 0 Å². The summed E-state index contributed by atoms with van der Waals surface area (Å²) in [4.78, 5) is 7.39. The Morgan fingerprint density at radius 1 is 1.33 bits per heavy atom. The lowest BCUT2D eigenvalue weighted by atomic mass is 9.91. The maximum absolute atomic E-state index is 6.02. The third-order valence-corrected chi connectivity index (χ3v) is 5.43. The van der Waals surface area contributed by atoms with Crippen LogP contribution in [-0.2, 0) is 17.7 Å². The molecule has 1 aromatic heterocycles. The maximum Gasteiger partial charge on any atom is 0.103 e. The number of hydrogen-bond acceptors (Lipinski definition) is 4. The third kappa shape index (κ3) is 4.71. The lowest BCUT2D eigenvalue weighted by Crippen LogP contribution is -2.16. The maximum atomic E-state index is 6.02. The van der Waals surface area contributed by atoms with Crippen molar-refractivity contribution in [1.82, 2.24) is 10.3 Å². The molecule has 2 rings (SSSR count). The molecule has 0 atom stereocenters. The van der Waals surface area contributed by atoms with Crippen LogP contribution in [0, 0.1) is 0 Å². The van der Waals surface area contributed by atoms with E-state index in [0.29, 0.717) is 0 Å². The van der Waals surface area contributed by atoms with Crippen LogP contribution in [0.15, 0.2) is 29.2 Å². The molecule has 1 aromatic carbocycles. The van der Waals surface area contributed by atoms with Gasteiger partial charge in [-0.3, -0.25) is 0 Å². The van der Waals surface area contributed by atoms with Gasteiger partial charge in [-0.05, 0) is 25.2 Å². The highest BCUT2D eigenvalue weighted by Crippen LogP contribution is 2.33. The summed E-state index contributed by atoms with van der Waals surface area (Å²) in [5.74, 6) is 0.887. The summed E-state index contributed by atoms with van der Waals surface area (Å²) in [5.41, 5.74) is 1.30. The lowest BCUT2D eigenvalue weighted by molar-refractivity contribution is 0.562. The van der Waals surface area contributed by atoms with Crippen LogP contribution in [0.25, 0.3) is 0 Å². The van der Waals surface area contributed by atoms with Crippen LogP contribution in [0.2, 0.25) is 5.02 Å². The van der Waals surface area contributed by atoms with E-state index in [1.54, 1.807) is 23.1 Å². The fraction of sp³-hybridized carbons (Fsp3) is 0.438. The minimum absolute atomic E-state index is 0.0850. The highest BCUT2D eigenvalue weighted by atomic mass is 35.5. The van der Waals surface area contributed by atoms with E-state index in [0.717, 1.165) is 17.3 Å². The molecule has 1 N–H and O–H groups in total. The van der Waals surface area contributed by atoms with Crippen LogP contribution in [-0.4, -0.2) is 12.0 Å². The minimum Gasteiger partial charge on any atom is -0.315 e. The average molecular weight is 341 g/mol. The normalized spacial score (nSPS) is 11.9. The molecule has 0 radical (unpaired) electrons. The van der Waals surface area contributed by atoms with E-state index in [1.165, 1.54) is 20.5 Å². The molecule has 0 aliphatic heterocycles. The SMILES string of the molecule is CNCc1sc(CSc2cccc(Cl)c2)nc1C(C)(C)C. The molecule has 21 heavy (non-hydrogen) atoms. The van der Waals surface area contributed by atoms with Gasteiger partial charge < -0.3 is 5.32 Å². The monoisotopic (exact) mass is 340 g/mol. The largest absolute Gasteiger partial charge is 0.315 e. The Morgan fingerprint density at radius 3 is 2.71 bits per heavy atom. The fourth-order valence-electron chi connectivity index (χ4n) is 2.03. The molecular weight excluding hydrogens is 320 g/mol. The molecular formula is C16H21ClN2S2. The number of hydrogen-bond donors (Lipinski definition) is 1. The van der Waals surface area contributed by atoms with Crippen molar-refractivity contribution in [2.24, 2.45) is 0 Å². The van der Waals surface area contributed by atoms with Crippen molar-refractivity contribution < 1.29 is 0 Å². The number of rotatable bonds is 5. The minimum atomic E-state index is 0.0850. The van der Waals surface area contributed by atoms with Crippen LogP contribution in [0.1, 0.15) is 36.3 Å². The van der Waals surface area contributed by atoms with Gasteiger partial charge in [0.1, 0.15) is 5.01 Å². The second kappa shape index (κ2) is 7.14. The smallest absolute Gasteiger partial charge is 0.103 e. The fourth-order valence-corrected chi connectivity index (χ4v) is 4.52. The molecule has 0 bridgehead atoms. The van der Waals surface area contributed by atoms with Crippen molar-refractivity contribution in [3.63, 3.8) is 0 Å².